The fraction of sp³-hybridized carbons (Fsp3) is 0.421. The molecule has 2 heterocycles. The van der Waals surface area contributed by atoms with Crippen LogP contribution in [0.25, 0.3) is 0 Å². The van der Waals surface area contributed by atoms with Gasteiger partial charge in [0, 0.05) is 26.2 Å². The Bertz CT molecular complexity index is 735. The number of hydrogen-bond donors (Lipinski definition) is 0. The molecule has 1 saturated heterocycles. The number of aromatic nitrogens is 2. The lowest BCUT2D eigenvalue weighted by atomic mass is 10.1. The first-order valence-electron chi connectivity index (χ1n) is 8.80. The van der Waals surface area contributed by atoms with Crippen molar-refractivity contribution < 1.29 is 4.79 Å². The van der Waals surface area contributed by atoms with Crippen molar-refractivity contribution in [1.82, 2.24) is 15.1 Å². The third kappa shape index (κ3) is 3.93. The Balaban J connectivity index is 1.30. The Morgan fingerprint density at radius 2 is 1.72 bits per heavy atom. The highest BCUT2D eigenvalue weighted by Crippen LogP contribution is 2.39. The Morgan fingerprint density at radius 3 is 2.32 bits per heavy atom. The van der Waals surface area contributed by atoms with Gasteiger partial charge in [0.25, 0.3) is 0 Å². The van der Waals surface area contributed by atoms with E-state index in [1.807, 2.05) is 11.0 Å². The van der Waals surface area contributed by atoms with Gasteiger partial charge in [0.2, 0.25) is 5.91 Å². The van der Waals surface area contributed by atoms with Crippen molar-refractivity contribution in [3.8, 4) is 0 Å². The lowest BCUT2D eigenvalue weighted by molar-refractivity contribution is -0.130. The maximum absolute atomic E-state index is 12.5. The van der Waals surface area contributed by atoms with E-state index in [-0.39, 0.29) is 5.91 Å². The van der Waals surface area contributed by atoms with Gasteiger partial charge in [-0.25, -0.2) is 0 Å². The average Bonchev–Trinajstić information content (AvgIpc) is 3.48. The maximum atomic E-state index is 12.5. The minimum absolute atomic E-state index is 0.195. The third-order valence-electron chi connectivity index (χ3n) is 4.96. The molecule has 1 aliphatic heterocycles. The molecule has 0 radical (unpaired) electrons. The Kier molecular flexibility index (Phi) is 4.57. The van der Waals surface area contributed by atoms with Crippen LogP contribution < -0.4 is 4.90 Å². The molecule has 1 aromatic heterocycles. The van der Waals surface area contributed by atoms with Crippen LogP contribution in [0.3, 0.4) is 0 Å². The molecule has 0 atom stereocenters. The van der Waals surface area contributed by atoms with Crippen molar-refractivity contribution in [2.45, 2.75) is 25.2 Å². The van der Waals surface area contributed by atoms with Gasteiger partial charge in [0.05, 0.1) is 6.42 Å². The number of rotatable bonds is 4. The monoisotopic (exact) mass is 356 g/mol. The number of nitrogens with zero attached hydrogens (tertiary/aromatic N) is 4. The summed E-state index contributed by atoms with van der Waals surface area (Å²) in [5.41, 5.74) is 2.51. The standard InChI is InChI=1S/C19H21ClN4O/c20-17-7-8-18(22-21-17)23-9-11-24(12-10-23)19(25)13-14-1-3-15(4-2-14)16-5-6-16/h1-4,7-8,16H,5-6,9-13H2. The molecule has 6 heteroatoms. The normalized spacial score (nSPS) is 17.6. The zero-order valence-corrected chi connectivity index (χ0v) is 14.8. The van der Waals surface area contributed by atoms with Gasteiger partial charge in [-0.15, -0.1) is 10.2 Å². The lowest BCUT2D eigenvalue weighted by Crippen LogP contribution is -2.49. The van der Waals surface area contributed by atoms with Crippen LogP contribution in [-0.4, -0.2) is 47.2 Å². The summed E-state index contributed by atoms with van der Waals surface area (Å²) < 4.78 is 0. The molecule has 5 nitrogen and oxygen atoms in total. The summed E-state index contributed by atoms with van der Waals surface area (Å²) in [6.07, 6.45) is 3.09. The first-order chi connectivity index (χ1) is 12.2. The number of halogens is 1. The van der Waals surface area contributed by atoms with Crippen molar-refractivity contribution in [1.29, 1.82) is 0 Å². The SMILES string of the molecule is O=C(Cc1ccc(C2CC2)cc1)N1CCN(c2ccc(Cl)nn2)CC1. The van der Waals surface area contributed by atoms with E-state index in [2.05, 4.69) is 39.4 Å². The number of carbonyl (C=O) groups is 1. The predicted octanol–water partition coefficient (Wildman–Crippen LogP) is 2.90. The van der Waals surface area contributed by atoms with Crippen LogP contribution in [0.2, 0.25) is 5.15 Å². The van der Waals surface area contributed by atoms with Gasteiger partial charge in [-0.2, -0.15) is 0 Å². The number of amides is 1. The Labute approximate surface area is 152 Å². The summed E-state index contributed by atoms with van der Waals surface area (Å²) in [6.45, 7) is 2.96. The summed E-state index contributed by atoms with van der Waals surface area (Å²) in [6, 6.07) is 12.2. The van der Waals surface area contributed by atoms with Gasteiger partial charge in [0.15, 0.2) is 11.0 Å². The van der Waals surface area contributed by atoms with Crippen LogP contribution in [0.5, 0.6) is 0 Å². The molecule has 130 valence electrons. The van der Waals surface area contributed by atoms with Gasteiger partial charge in [-0.1, -0.05) is 35.9 Å². The van der Waals surface area contributed by atoms with E-state index >= 15 is 0 Å². The molecule has 2 aromatic rings. The van der Waals surface area contributed by atoms with E-state index in [1.54, 1.807) is 6.07 Å². The van der Waals surface area contributed by atoms with Crippen molar-refractivity contribution in [3.63, 3.8) is 0 Å². The van der Waals surface area contributed by atoms with Crippen LogP contribution in [0.4, 0.5) is 5.82 Å². The topological polar surface area (TPSA) is 49.3 Å². The molecule has 1 aliphatic carbocycles. The van der Waals surface area contributed by atoms with Gasteiger partial charge in [-0.3, -0.25) is 4.79 Å². The fourth-order valence-electron chi connectivity index (χ4n) is 3.27. The number of anilines is 1. The fourth-order valence-corrected chi connectivity index (χ4v) is 3.37. The summed E-state index contributed by atoms with van der Waals surface area (Å²) in [5.74, 6) is 1.77. The molecule has 25 heavy (non-hydrogen) atoms. The largest absolute Gasteiger partial charge is 0.352 e. The van der Waals surface area contributed by atoms with Gasteiger partial charge >= 0.3 is 0 Å². The van der Waals surface area contributed by atoms with Crippen molar-refractivity contribution in [2.24, 2.45) is 0 Å². The molecule has 0 spiro atoms. The van der Waals surface area contributed by atoms with E-state index in [9.17, 15) is 4.79 Å². The molecule has 1 saturated carbocycles. The molecule has 0 N–H and O–H groups in total. The van der Waals surface area contributed by atoms with Crippen molar-refractivity contribution in [2.75, 3.05) is 31.1 Å². The second kappa shape index (κ2) is 7.00. The van der Waals surface area contributed by atoms with Crippen LogP contribution in [-0.2, 0) is 11.2 Å². The highest BCUT2D eigenvalue weighted by Gasteiger charge is 2.24. The molecule has 2 fully saturated rings. The molecular formula is C19H21ClN4O. The van der Waals surface area contributed by atoms with E-state index in [4.69, 9.17) is 11.6 Å². The van der Waals surface area contributed by atoms with E-state index in [1.165, 1.54) is 18.4 Å². The molecule has 1 amide bonds. The molecule has 0 bridgehead atoms. The lowest BCUT2D eigenvalue weighted by Gasteiger charge is -2.35. The molecule has 0 unspecified atom stereocenters. The second-order valence-electron chi connectivity index (χ2n) is 6.77. The van der Waals surface area contributed by atoms with E-state index < -0.39 is 0 Å². The minimum Gasteiger partial charge on any atom is -0.352 e. The zero-order valence-electron chi connectivity index (χ0n) is 14.1. The Morgan fingerprint density at radius 1 is 1.00 bits per heavy atom. The maximum Gasteiger partial charge on any atom is 0.227 e. The average molecular weight is 357 g/mol. The predicted molar refractivity (Wildman–Crippen MR) is 98.0 cm³/mol. The summed E-state index contributed by atoms with van der Waals surface area (Å²) in [5, 5.41) is 8.38. The van der Waals surface area contributed by atoms with Crippen molar-refractivity contribution in [3.05, 3.63) is 52.7 Å². The van der Waals surface area contributed by atoms with Gasteiger partial charge < -0.3 is 9.80 Å². The molecular weight excluding hydrogens is 336 g/mol. The quantitative estimate of drug-likeness (QED) is 0.845. The van der Waals surface area contributed by atoms with E-state index in [0.717, 1.165) is 30.4 Å². The zero-order chi connectivity index (χ0) is 17.2. The smallest absolute Gasteiger partial charge is 0.227 e. The summed E-state index contributed by atoms with van der Waals surface area (Å²) >= 11 is 5.78. The first-order valence-corrected chi connectivity index (χ1v) is 9.17. The van der Waals surface area contributed by atoms with Gasteiger partial charge in [-0.05, 0) is 42.0 Å². The molecule has 2 aliphatic rings. The van der Waals surface area contributed by atoms with E-state index in [0.29, 0.717) is 24.7 Å². The summed E-state index contributed by atoms with van der Waals surface area (Å²) in [4.78, 5) is 16.6. The molecule has 1 aromatic carbocycles. The Hall–Kier alpha value is -2.14. The van der Waals surface area contributed by atoms with Crippen LogP contribution in [0, 0.1) is 0 Å². The summed E-state index contributed by atoms with van der Waals surface area (Å²) in [7, 11) is 0. The number of benzene rings is 1. The second-order valence-corrected chi connectivity index (χ2v) is 7.16. The highest BCUT2D eigenvalue weighted by molar-refractivity contribution is 6.29. The molecule has 4 rings (SSSR count). The van der Waals surface area contributed by atoms with Gasteiger partial charge in [0.1, 0.15) is 0 Å². The number of piperazine rings is 1. The highest BCUT2D eigenvalue weighted by atomic mass is 35.5. The van der Waals surface area contributed by atoms with Crippen LogP contribution >= 0.6 is 11.6 Å². The van der Waals surface area contributed by atoms with Crippen LogP contribution in [0.15, 0.2) is 36.4 Å². The first kappa shape index (κ1) is 16.3. The minimum atomic E-state index is 0.195. The van der Waals surface area contributed by atoms with Crippen molar-refractivity contribution >= 4 is 23.3 Å². The van der Waals surface area contributed by atoms with Crippen LogP contribution in [0.1, 0.15) is 29.9 Å². The number of carbonyl (C=O) groups excluding carboxylic acids is 1. The number of hydrogen-bond acceptors (Lipinski definition) is 4. The third-order valence-corrected chi connectivity index (χ3v) is 5.16.